The summed E-state index contributed by atoms with van der Waals surface area (Å²) in [5, 5.41) is 7.86. The molecule has 9 heteroatoms. The third kappa shape index (κ3) is 3.19. The van der Waals surface area contributed by atoms with Gasteiger partial charge in [0.1, 0.15) is 6.33 Å². The lowest BCUT2D eigenvalue weighted by molar-refractivity contribution is 0.766. The van der Waals surface area contributed by atoms with Gasteiger partial charge in [-0.3, -0.25) is 9.25 Å². The van der Waals surface area contributed by atoms with Crippen LogP contribution in [0.5, 0.6) is 0 Å². The minimum absolute atomic E-state index is 0.532. The highest BCUT2D eigenvalue weighted by molar-refractivity contribution is 7.99. The fourth-order valence-electron chi connectivity index (χ4n) is 1.68. The van der Waals surface area contributed by atoms with E-state index >= 15 is 0 Å². The van der Waals surface area contributed by atoms with Crippen molar-refractivity contribution in [3.63, 3.8) is 0 Å². The van der Waals surface area contributed by atoms with Gasteiger partial charge in [0.15, 0.2) is 5.16 Å². The smallest absolute Gasteiger partial charge is 0.240 e. The number of hydrogen-bond acceptors (Lipinski definition) is 7. The molecule has 0 fully saturated rings. The Morgan fingerprint density at radius 3 is 2.86 bits per heavy atom. The van der Waals surface area contributed by atoms with Gasteiger partial charge in [0.05, 0.1) is 11.1 Å². The van der Waals surface area contributed by atoms with Crippen LogP contribution in [0.2, 0.25) is 0 Å². The highest BCUT2D eigenvalue weighted by Crippen LogP contribution is 2.24. The molecule has 3 heterocycles. The molecule has 1 N–H and O–H groups in total. The molecule has 3 aromatic heterocycles. The van der Waals surface area contributed by atoms with E-state index in [1.54, 1.807) is 34.2 Å². The maximum atomic E-state index is 4.45. The van der Waals surface area contributed by atoms with Gasteiger partial charge >= 0.3 is 0 Å². The molecule has 108 valence electrons. The summed E-state index contributed by atoms with van der Waals surface area (Å²) in [4.78, 5) is 18.2. The SMILES string of the molecule is CCNc1nc(Sc2cnn(C)c2)nc(-n2ccnc2)n1. The van der Waals surface area contributed by atoms with Gasteiger partial charge in [0.2, 0.25) is 11.9 Å². The molecule has 0 aliphatic heterocycles. The molecule has 0 aliphatic rings. The summed E-state index contributed by atoms with van der Waals surface area (Å²) in [6.07, 6.45) is 8.83. The van der Waals surface area contributed by atoms with Crippen molar-refractivity contribution in [2.75, 3.05) is 11.9 Å². The molecule has 0 atom stereocenters. The van der Waals surface area contributed by atoms with Crippen LogP contribution in [0.25, 0.3) is 5.95 Å². The van der Waals surface area contributed by atoms with E-state index in [9.17, 15) is 0 Å². The number of aromatic nitrogens is 7. The van der Waals surface area contributed by atoms with Crippen molar-refractivity contribution in [3.05, 3.63) is 31.1 Å². The van der Waals surface area contributed by atoms with E-state index in [1.165, 1.54) is 11.8 Å². The van der Waals surface area contributed by atoms with Crippen LogP contribution in [0.1, 0.15) is 6.92 Å². The Morgan fingerprint density at radius 2 is 2.19 bits per heavy atom. The largest absolute Gasteiger partial charge is 0.354 e. The molecule has 0 aromatic carbocycles. The van der Waals surface area contributed by atoms with Crippen LogP contribution < -0.4 is 5.32 Å². The molecule has 3 rings (SSSR count). The Morgan fingerprint density at radius 1 is 1.29 bits per heavy atom. The molecule has 0 saturated heterocycles. The zero-order valence-electron chi connectivity index (χ0n) is 11.6. The molecule has 0 radical (unpaired) electrons. The van der Waals surface area contributed by atoms with Crippen LogP contribution in [0.3, 0.4) is 0 Å². The third-order valence-corrected chi connectivity index (χ3v) is 3.38. The number of hydrogen-bond donors (Lipinski definition) is 1. The maximum absolute atomic E-state index is 4.45. The van der Waals surface area contributed by atoms with Crippen molar-refractivity contribution in [2.24, 2.45) is 7.05 Å². The highest BCUT2D eigenvalue weighted by Gasteiger charge is 2.10. The van der Waals surface area contributed by atoms with E-state index in [-0.39, 0.29) is 0 Å². The molecule has 0 aliphatic carbocycles. The predicted octanol–water partition coefficient (Wildman–Crippen LogP) is 1.37. The van der Waals surface area contributed by atoms with Crippen LogP contribution in [-0.2, 0) is 7.05 Å². The minimum Gasteiger partial charge on any atom is -0.354 e. The summed E-state index contributed by atoms with van der Waals surface area (Å²) in [5.41, 5.74) is 0. The standard InChI is InChI=1S/C12H14N8S/c1-3-14-10-16-11(20-5-4-13-8-20)18-12(17-10)21-9-6-15-19(2)7-9/h4-8H,3H2,1-2H3,(H,14,16,17,18). The molecule has 21 heavy (non-hydrogen) atoms. The molecule has 0 saturated carbocycles. The van der Waals surface area contributed by atoms with Crippen molar-refractivity contribution >= 4 is 17.7 Å². The van der Waals surface area contributed by atoms with Gasteiger partial charge in [-0.25, -0.2) is 4.98 Å². The molecular formula is C12H14N8S. The van der Waals surface area contributed by atoms with E-state index in [0.717, 1.165) is 11.4 Å². The van der Waals surface area contributed by atoms with Crippen LogP contribution in [0.4, 0.5) is 5.95 Å². The average molecular weight is 302 g/mol. The van der Waals surface area contributed by atoms with Crippen LogP contribution >= 0.6 is 11.8 Å². The predicted molar refractivity (Wildman–Crippen MR) is 78.4 cm³/mol. The van der Waals surface area contributed by atoms with Crippen LogP contribution in [0.15, 0.2) is 41.2 Å². The van der Waals surface area contributed by atoms with Gasteiger partial charge in [-0.15, -0.1) is 0 Å². The second-order valence-corrected chi connectivity index (χ2v) is 5.23. The lowest BCUT2D eigenvalue weighted by atomic mass is 10.7. The summed E-state index contributed by atoms with van der Waals surface area (Å²) in [6, 6.07) is 0. The molecule has 0 bridgehead atoms. The van der Waals surface area contributed by atoms with E-state index in [4.69, 9.17) is 0 Å². The first-order valence-corrected chi connectivity index (χ1v) is 7.21. The number of anilines is 1. The molecular weight excluding hydrogens is 288 g/mol. The van der Waals surface area contributed by atoms with Crippen molar-refractivity contribution in [2.45, 2.75) is 17.0 Å². The van der Waals surface area contributed by atoms with Crippen molar-refractivity contribution in [3.8, 4) is 5.95 Å². The van der Waals surface area contributed by atoms with Gasteiger partial charge < -0.3 is 5.32 Å². The van der Waals surface area contributed by atoms with Gasteiger partial charge in [-0.1, -0.05) is 0 Å². The monoisotopic (exact) mass is 302 g/mol. The lowest BCUT2D eigenvalue weighted by Crippen LogP contribution is -2.08. The first-order chi connectivity index (χ1) is 10.2. The number of rotatable bonds is 5. The first kappa shape index (κ1) is 13.6. The normalized spacial score (nSPS) is 10.8. The summed E-state index contributed by atoms with van der Waals surface area (Å²) >= 11 is 1.44. The average Bonchev–Trinajstić information content (AvgIpc) is 3.11. The van der Waals surface area contributed by atoms with Gasteiger partial charge in [-0.2, -0.15) is 20.1 Å². The molecule has 3 aromatic rings. The Kier molecular flexibility index (Phi) is 3.82. The van der Waals surface area contributed by atoms with Gasteiger partial charge in [0.25, 0.3) is 0 Å². The fraction of sp³-hybridized carbons (Fsp3) is 0.250. The number of nitrogens with one attached hydrogen (secondary N) is 1. The van der Waals surface area contributed by atoms with E-state index < -0.39 is 0 Å². The number of imidazole rings is 1. The quantitative estimate of drug-likeness (QED) is 0.761. The second-order valence-electron chi connectivity index (χ2n) is 4.19. The summed E-state index contributed by atoms with van der Waals surface area (Å²) in [5.74, 6) is 1.08. The Hall–Kier alpha value is -2.42. The van der Waals surface area contributed by atoms with Gasteiger partial charge in [0, 0.05) is 32.2 Å². The third-order valence-electron chi connectivity index (χ3n) is 2.56. The van der Waals surface area contributed by atoms with Gasteiger partial charge in [-0.05, 0) is 18.7 Å². The minimum atomic E-state index is 0.532. The molecule has 0 spiro atoms. The molecule has 0 unspecified atom stereocenters. The van der Waals surface area contributed by atoms with Crippen LogP contribution in [-0.4, -0.2) is 40.8 Å². The summed E-state index contributed by atoms with van der Waals surface area (Å²) in [7, 11) is 1.87. The Balaban J connectivity index is 1.95. The first-order valence-electron chi connectivity index (χ1n) is 6.39. The van der Waals surface area contributed by atoms with E-state index in [0.29, 0.717) is 17.1 Å². The Labute approximate surface area is 125 Å². The summed E-state index contributed by atoms with van der Waals surface area (Å²) < 4.78 is 3.49. The zero-order chi connectivity index (χ0) is 14.7. The Bertz CT molecular complexity index is 721. The maximum Gasteiger partial charge on any atom is 0.240 e. The second kappa shape index (κ2) is 5.92. The van der Waals surface area contributed by atoms with Crippen LogP contribution in [0, 0.1) is 0 Å². The fourth-order valence-corrected chi connectivity index (χ4v) is 2.45. The van der Waals surface area contributed by atoms with E-state index in [1.807, 2.05) is 20.2 Å². The summed E-state index contributed by atoms with van der Waals surface area (Å²) in [6.45, 7) is 2.74. The highest BCUT2D eigenvalue weighted by atomic mass is 32.2. The topological polar surface area (TPSA) is 86.3 Å². The van der Waals surface area contributed by atoms with Crippen molar-refractivity contribution in [1.82, 2.24) is 34.3 Å². The lowest BCUT2D eigenvalue weighted by Gasteiger charge is -2.07. The number of aryl methyl sites for hydroxylation is 1. The molecule has 0 amide bonds. The molecule has 8 nitrogen and oxygen atoms in total. The zero-order valence-corrected chi connectivity index (χ0v) is 12.4. The van der Waals surface area contributed by atoms with Crippen molar-refractivity contribution < 1.29 is 0 Å². The van der Waals surface area contributed by atoms with Crippen molar-refractivity contribution in [1.29, 1.82) is 0 Å². The van der Waals surface area contributed by atoms with E-state index in [2.05, 4.69) is 30.4 Å². The number of nitrogens with zero attached hydrogens (tertiary/aromatic N) is 7.